The van der Waals surface area contributed by atoms with Crippen molar-refractivity contribution in [2.75, 3.05) is 12.4 Å². The molecule has 13 heavy (non-hydrogen) atoms. The van der Waals surface area contributed by atoms with Crippen molar-refractivity contribution in [3.05, 3.63) is 17.1 Å². The van der Waals surface area contributed by atoms with Crippen LogP contribution in [0.15, 0.2) is 0 Å². The van der Waals surface area contributed by atoms with E-state index in [2.05, 4.69) is 22.2 Å². The van der Waals surface area contributed by atoms with Crippen LogP contribution in [-0.2, 0) is 19.3 Å². The van der Waals surface area contributed by atoms with Crippen LogP contribution in [0.5, 0.6) is 0 Å². The number of hydrogen-bond donors (Lipinski definition) is 1. The first-order valence-corrected chi connectivity index (χ1v) is 4.91. The summed E-state index contributed by atoms with van der Waals surface area (Å²) in [5.41, 5.74) is 2.59. The van der Waals surface area contributed by atoms with E-state index in [0.717, 1.165) is 30.9 Å². The highest BCUT2D eigenvalue weighted by molar-refractivity contribution is 5.48. The van der Waals surface area contributed by atoms with Gasteiger partial charge in [-0.1, -0.05) is 6.92 Å². The Morgan fingerprint density at radius 3 is 2.85 bits per heavy atom. The van der Waals surface area contributed by atoms with E-state index < -0.39 is 0 Å². The van der Waals surface area contributed by atoms with Crippen LogP contribution >= 0.6 is 0 Å². The quantitative estimate of drug-likeness (QED) is 0.745. The smallest absolute Gasteiger partial charge is 0.132 e. The minimum atomic E-state index is 0.919. The Labute approximate surface area is 78.6 Å². The Kier molecular flexibility index (Phi) is 2.17. The molecule has 1 aliphatic rings. The highest BCUT2D eigenvalue weighted by Gasteiger charge is 2.17. The third-order valence-corrected chi connectivity index (χ3v) is 2.53. The number of aromatic nitrogens is 2. The minimum absolute atomic E-state index is 0.919. The molecule has 1 aromatic rings. The molecule has 0 amide bonds. The molecule has 0 saturated carbocycles. The average molecular weight is 177 g/mol. The molecule has 0 bridgehead atoms. The van der Waals surface area contributed by atoms with Crippen LogP contribution in [0.1, 0.15) is 30.4 Å². The summed E-state index contributed by atoms with van der Waals surface area (Å²) >= 11 is 0. The maximum Gasteiger partial charge on any atom is 0.132 e. The van der Waals surface area contributed by atoms with Gasteiger partial charge in [0.05, 0.1) is 0 Å². The maximum atomic E-state index is 4.53. The van der Waals surface area contributed by atoms with E-state index in [-0.39, 0.29) is 0 Å². The minimum Gasteiger partial charge on any atom is -0.373 e. The second-order valence-corrected chi connectivity index (χ2v) is 3.37. The van der Waals surface area contributed by atoms with Crippen molar-refractivity contribution in [3.8, 4) is 0 Å². The Balaban J connectivity index is 2.49. The molecule has 1 N–H and O–H groups in total. The molecule has 3 nitrogen and oxygen atoms in total. The molecule has 70 valence electrons. The van der Waals surface area contributed by atoms with Gasteiger partial charge in [-0.3, -0.25) is 0 Å². The molecule has 0 atom stereocenters. The van der Waals surface area contributed by atoms with Crippen LogP contribution in [0.2, 0.25) is 0 Å². The SMILES string of the molecule is CCc1nc2c(c(NC)n1)CCC2. The molecule has 0 saturated heterocycles. The molecule has 0 aliphatic heterocycles. The average Bonchev–Trinajstić information content (AvgIpc) is 2.63. The molecule has 3 heteroatoms. The van der Waals surface area contributed by atoms with Crippen molar-refractivity contribution >= 4 is 5.82 Å². The van der Waals surface area contributed by atoms with Crippen LogP contribution in [0.25, 0.3) is 0 Å². The maximum absolute atomic E-state index is 4.53. The van der Waals surface area contributed by atoms with Gasteiger partial charge in [0.2, 0.25) is 0 Å². The summed E-state index contributed by atoms with van der Waals surface area (Å²) in [6.07, 6.45) is 4.41. The fraction of sp³-hybridized carbons (Fsp3) is 0.600. The highest BCUT2D eigenvalue weighted by Crippen LogP contribution is 2.25. The first-order valence-electron chi connectivity index (χ1n) is 4.91. The molecule has 0 radical (unpaired) electrons. The normalized spacial score (nSPS) is 14.3. The monoisotopic (exact) mass is 177 g/mol. The largest absolute Gasteiger partial charge is 0.373 e. The number of fused-ring (bicyclic) bond motifs is 1. The van der Waals surface area contributed by atoms with Gasteiger partial charge in [0.1, 0.15) is 11.6 Å². The van der Waals surface area contributed by atoms with Gasteiger partial charge < -0.3 is 5.32 Å². The van der Waals surface area contributed by atoms with E-state index in [1.165, 1.54) is 17.7 Å². The Morgan fingerprint density at radius 2 is 2.15 bits per heavy atom. The molecule has 0 unspecified atom stereocenters. The fourth-order valence-corrected chi connectivity index (χ4v) is 1.85. The molecule has 0 fully saturated rings. The van der Waals surface area contributed by atoms with Crippen molar-refractivity contribution in [2.45, 2.75) is 32.6 Å². The molecular weight excluding hydrogens is 162 g/mol. The van der Waals surface area contributed by atoms with Gasteiger partial charge in [-0.05, 0) is 19.3 Å². The number of rotatable bonds is 2. The topological polar surface area (TPSA) is 37.8 Å². The summed E-state index contributed by atoms with van der Waals surface area (Å²) in [6.45, 7) is 2.09. The zero-order chi connectivity index (χ0) is 9.26. The van der Waals surface area contributed by atoms with Crippen molar-refractivity contribution in [3.63, 3.8) is 0 Å². The van der Waals surface area contributed by atoms with Gasteiger partial charge in [0.15, 0.2) is 0 Å². The third kappa shape index (κ3) is 1.39. The zero-order valence-corrected chi connectivity index (χ0v) is 8.22. The van der Waals surface area contributed by atoms with Gasteiger partial charge >= 0.3 is 0 Å². The van der Waals surface area contributed by atoms with Gasteiger partial charge in [-0.15, -0.1) is 0 Å². The Bertz CT molecular complexity index is 320. The lowest BCUT2D eigenvalue weighted by Crippen LogP contribution is -2.04. The van der Waals surface area contributed by atoms with Crippen LogP contribution in [-0.4, -0.2) is 17.0 Å². The number of nitrogens with one attached hydrogen (secondary N) is 1. The van der Waals surface area contributed by atoms with E-state index in [9.17, 15) is 0 Å². The van der Waals surface area contributed by atoms with Crippen molar-refractivity contribution in [2.24, 2.45) is 0 Å². The second-order valence-electron chi connectivity index (χ2n) is 3.37. The zero-order valence-electron chi connectivity index (χ0n) is 8.22. The highest BCUT2D eigenvalue weighted by atomic mass is 15.0. The first kappa shape index (κ1) is 8.48. The van der Waals surface area contributed by atoms with Crippen molar-refractivity contribution < 1.29 is 0 Å². The summed E-state index contributed by atoms with van der Waals surface area (Å²) in [6, 6.07) is 0. The molecule has 2 rings (SSSR count). The van der Waals surface area contributed by atoms with E-state index in [1.807, 2.05) is 7.05 Å². The van der Waals surface area contributed by atoms with E-state index in [0.29, 0.717) is 0 Å². The van der Waals surface area contributed by atoms with E-state index >= 15 is 0 Å². The first-order chi connectivity index (χ1) is 6.35. The lowest BCUT2D eigenvalue weighted by molar-refractivity contribution is 0.878. The van der Waals surface area contributed by atoms with E-state index in [1.54, 1.807) is 0 Å². The molecule has 1 aliphatic carbocycles. The predicted molar refractivity (Wildman–Crippen MR) is 53.0 cm³/mol. The van der Waals surface area contributed by atoms with Crippen LogP contribution < -0.4 is 5.32 Å². The van der Waals surface area contributed by atoms with Gasteiger partial charge in [0.25, 0.3) is 0 Å². The lowest BCUT2D eigenvalue weighted by Gasteiger charge is -2.07. The van der Waals surface area contributed by atoms with Crippen LogP contribution in [0.3, 0.4) is 0 Å². The van der Waals surface area contributed by atoms with Crippen molar-refractivity contribution in [1.29, 1.82) is 0 Å². The van der Waals surface area contributed by atoms with Crippen molar-refractivity contribution in [1.82, 2.24) is 9.97 Å². The van der Waals surface area contributed by atoms with Gasteiger partial charge in [0, 0.05) is 24.7 Å². The number of hydrogen-bond acceptors (Lipinski definition) is 3. The summed E-state index contributed by atoms with van der Waals surface area (Å²) in [4.78, 5) is 8.99. The summed E-state index contributed by atoms with van der Waals surface area (Å²) in [5.74, 6) is 2.00. The molecule has 0 aromatic carbocycles. The third-order valence-electron chi connectivity index (χ3n) is 2.53. The Hall–Kier alpha value is -1.12. The number of anilines is 1. The van der Waals surface area contributed by atoms with Gasteiger partial charge in [-0.2, -0.15) is 0 Å². The molecule has 0 spiro atoms. The number of aryl methyl sites for hydroxylation is 2. The second kappa shape index (κ2) is 3.32. The van der Waals surface area contributed by atoms with Crippen LogP contribution in [0, 0.1) is 0 Å². The predicted octanol–water partition coefficient (Wildman–Crippen LogP) is 1.57. The summed E-state index contributed by atoms with van der Waals surface area (Å²) in [5, 5.41) is 3.15. The molecular formula is C10H15N3. The molecule has 1 aromatic heterocycles. The Morgan fingerprint density at radius 1 is 1.31 bits per heavy atom. The summed E-state index contributed by atoms with van der Waals surface area (Å²) in [7, 11) is 1.93. The van der Waals surface area contributed by atoms with E-state index in [4.69, 9.17) is 0 Å². The number of nitrogens with zero attached hydrogens (tertiary/aromatic N) is 2. The lowest BCUT2D eigenvalue weighted by atomic mass is 10.2. The van der Waals surface area contributed by atoms with Gasteiger partial charge in [-0.25, -0.2) is 9.97 Å². The van der Waals surface area contributed by atoms with Crippen LogP contribution in [0.4, 0.5) is 5.82 Å². The molecule has 1 heterocycles. The summed E-state index contributed by atoms with van der Waals surface area (Å²) < 4.78 is 0. The fourth-order valence-electron chi connectivity index (χ4n) is 1.85. The standard InChI is InChI=1S/C10H15N3/c1-3-9-12-8-6-4-5-7(8)10(11-2)13-9/h3-6H2,1-2H3,(H,11,12,13).